The molecule has 0 aliphatic heterocycles. The fraction of sp³-hybridized carbons (Fsp3) is 0.231. The Labute approximate surface area is 147 Å². The molecule has 0 amide bonds. The van der Waals surface area contributed by atoms with E-state index in [1.165, 1.54) is 0 Å². The van der Waals surface area contributed by atoms with E-state index >= 15 is 0 Å². The van der Waals surface area contributed by atoms with Gasteiger partial charge in [-0.05, 0) is 24.6 Å². The van der Waals surface area contributed by atoms with E-state index in [-0.39, 0.29) is 11.9 Å². The highest BCUT2D eigenvalue weighted by atomic mass is 35.5. The summed E-state index contributed by atoms with van der Waals surface area (Å²) in [5.74, 6) is -3.67. The molecule has 12 heteroatoms. The van der Waals surface area contributed by atoms with Crippen molar-refractivity contribution < 1.29 is 30.0 Å². The molecular formula is C13H18ClN5O6. The molecule has 0 radical (unpaired) electrons. The standard InChI is InChI=1S/C9H12ClN5.C4H6O6/c1-5-2-3-6(10)4-7(5)14-9(13)15-8(11)12;5-1(3(7)8)2(6)4(9)10/h2-4H,1H3,(H6,11,12,13,14,15);1-2,5-6H,(H,7,8)(H,9,10). The number of aliphatic hydroxyl groups is 2. The van der Waals surface area contributed by atoms with Gasteiger partial charge in [0, 0.05) is 5.02 Å². The van der Waals surface area contributed by atoms with Crippen LogP contribution in [-0.4, -0.2) is 56.5 Å². The molecule has 0 aliphatic rings. The highest BCUT2D eigenvalue weighted by Gasteiger charge is 2.29. The first-order valence-electron chi connectivity index (χ1n) is 6.47. The van der Waals surface area contributed by atoms with E-state index in [4.69, 9.17) is 49.2 Å². The summed E-state index contributed by atoms with van der Waals surface area (Å²) in [6, 6.07) is 5.29. The van der Waals surface area contributed by atoms with Gasteiger partial charge in [0.2, 0.25) is 5.96 Å². The number of carboxylic acids is 2. The molecule has 10 N–H and O–H groups in total. The van der Waals surface area contributed by atoms with E-state index in [9.17, 15) is 9.59 Å². The zero-order chi connectivity index (χ0) is 19.7. The van der Waals surface area contributed by atoms with Crippen molar-refractivity contribution in [2.45, 2.75) is 19.1 Å². The second kappa shape index (κ2) is 10.1. The first kappa shape index (κ1) is 22.1. The number of benzene rings is 1. The summed E-state index contributed by atoms with van der Waals surface area (Å²) in [6.45, 7) is 1.89. The van der Waals surface area contributed by atoms with Crippen LogP contribution >= 0.6 is 11.6 Å². The Morgan fingerprint density at radius 1 is 1.08 bits per heavy atom. The van der Waals surface area contributed by atoms with Gasteiger partial charge in [0.05, 0.1) is 5.69 Å². The van der Waals surface area contributed by atoms with Crippen LogP contribution in [0.4, 0.5) is 5.69 Å². The Hall–Kier alpha value is -2.89. The van der Waals surface area contributed by atoms with Crippen molar-refractivity contribution in [2.24, 2.45) is 27.2 Å². The number of carbonyl (C=O) groups is 2. The van der Waals surface area contributed by atoms with E-state index in [1.54, 1.807) is 12.1 Å². The van der Waals surface area contributed by atoms with Gasteiger partial charge in [-0.3, -0.25) is 0 Å². The Morgan fingerprint density at radius 2 is 1.56 bits per heavy atom. The largest absolute Gasteiger partial charge is 0.479 e. The van der Waals surface area contributed by atoms with Crippen LogP contribution in [0.2, 0.25) is 5.02 Å². The van der Waals surface area contributed by atoms with Gasteiger partial charge in [0.25, 0.3) is 0 Å². The Kier molecular flexibility index (Phi) is 8.91. The predicted molar refractivity (Wildman–Crippen MR) is 90.6 cm³/mol. The smallest absolute Gasteiger partial charge is 0.335 e. The average molecular weight is 376 g/mol. The SMILES string of the molecule is Cc1ccc(Cl)cc1N=C(N)N=C(N)N.O=C(O)C(O)C(O)C(=O)O. The number of hydrogen-bond acceptors (Lipinski definition) is 5. The minimum Gasteiger partial charge on any atom is -0.479 e. The number of aliphatic carboxylic acids is 2. The highest BCUT2D eigenvalue weighted by Crippen LogP contribution is 2.22. The molecule has 25 heavy (non-hydrogen) atoms. The van der Waals surface area contributed by atoms with E-state index in [1.807, 2.05) is 13.0 Å². The number of aryl methyl sites for hydroxylation is 1. The predicted octanol–water partition coefficient (Wildman–Crippen LogP) is -1.25. The number of halogens is 1. The molecule has 0 aliphatic carbocycles. The maximum Gasteiger partial charge on any atom is 0.335 e. The van der Waals surface area contributed by atoms with Crippen molar-refractivity contribution in [3.05, 3.63) is 28.8 Å². The van der Waals surface area contributed by atoms with E-state index in [0.29, 0.717) is 10.7 Å². The third kappa shape index (κ3) is 8.50. The van der Waals surface area contributed by atoms with Crippen LogP contribution in [0.5, 0.6) is 0 Å². The molecule has 1 aromatic carbocycles. The van der Waals surface area contributed by atoms with E-state index in [2.05, 4.69) is 9.98 Å². The first-order valence-corrected chi connectivity index (χ1v) is 6.85. The molecule has 2 atom stereocenters. The van der Waals surface area contributed by atoms with Gasteiger partial charge in [-0.2, -0.15) is 4.99 Å². The summed E-state index contributed by atoms with van der Waals surface area (Å²) in [5, 5.41) is 33.1. The third-order valence-corrected chi connectivity index (χ3v) is 2.69. The quantitative estimate of drug-likeness (QED) is 0.246. The second-order valence-corrected chi connectivity index (χ2v) is 4.94. The van der Waals surface area contributed by atoms with Gasteiger partial charge in [-0.15, -0.1) is 0 Å². The number of aliphatic hydroxyl groups excluding tert-OH is 2. The molecule has 1 rings (SSSR count). The summed E-state index contributed by atoms with van der Waals surface area (Å²) >= 11 is 5.81. The fourth-order valence-corrected chi connectivity index (χ4v) is 1.42. The molecule has 0 spiro atoms. The minimum absolute atomic E-state index is 0.000340. The molecule has 0 aromatic heterocycles. The van der Waals surface area contributed by atoms with Crippen molar-refractivity contribution in [3.8, 4) is 0 Å². The molecule has 0 bridgehead atoms. The summed E-state index contributed by atoms with van der Waals surface area (Å²) in [5.41, 5.74) is 17.4. The van der Waals surface area contributed by atoms with Crippen LogP contribution in [0.15, 0.2) is 28.2 Å². The van der Waals surface area contributed by atoms with Crippen LogP contribution in [0.25, 0.3) is 0 Å². The van der Waals surface area contributed by atoms with Crippen LogP contribution in [0.1, 0.15) is 5.56 Å². The number of guanidine groups is 2. The first-order chi connectivity index (χ1) is 11.5. The number of carboxylic acid groups (broad SMARTS) is 2. The maximum atomic E-state index is 9.77. The van der Waals surface area contributed by atoms with Crippen molar-refractivity contribution in [1.82, 2.24) is 0 Å². The van der Waals surface area contributed by atoms with Gasteiger partial charge in [0.1, 0.15) is 0 Å². The highest BCUT2D eigenvalue weighted by molar-refractivity contribution is 6.30. The van der Waals surface area contributed by atoms with E-state index in [0.717, 1.165) is 5.56 Å². The third-order valence-electron chi connectivity index (χ3n) is 2.45. The van der Waals surface area contributed by atoms with Gasteiger partial charge in [-0.1, -0.05) is 17.7 Å². The van der Waals surface area contributed by atoms with Crippen molar-refractivity contribution in [3.63, 3.8) is 0 Å². The van der Waals surface area contributed by atoms with Crippen molar-refractivity contribution >= 4 is 41.1 Å². The van der Waals surface area contributed by atoms with E-state index < -0.39 is 24.1 Å². The minimum atomic E-state index is -2.27. The molecular weight excluding hydrogens is 358 g/mol. The summed E-state index contributed by atoms with van der Waals surface area (Å²) in [6.07, 6.45) is -4.53. The zero-order valence-electron chi connectivity index (χ0n) is 13.0. The lowest BCUT2D eigenvalue weighted by molar-refractivity contribution is -0.165. The van der Waals surface area contributed by atoms with Gasteiger partial charge in [-0.25, -0.2) is 14.6 Å². The van der Waals surface area contributed by atoms with Crippen LogP contribution in [0.3, 0.4) is 0 Å². The average Bonchev–Trinajstić information content (AvgIpc) is 2.49. The lowest BCUT2D eigenvalue weighted by Crippen LogP contribution is -2.39. The number of nitrogens with two attached hydrogens (primary N) is 3. The number of rotatable bonds is 4. The Morgan fingerprint density at radius 3 is 1.96 bits per heavy atom. The number of hydrogen-bond donors (Lipinski definition) is 7. The molecule has 1 aromatic rings. The summed E-state index contributed by atoms with van der Waals surface area (Å²) in [7, 11) is 0. The molecule has 0 saturated heterocycles. The number of nitrogens with zero attached hydrogens (tertiary/aromatic N) is 2. The molecule has 0 saturated carbocycles. The van der Waals surface area contributed by atoms with Crippen LogP contribution < -0.4 is 17.2 Å². The lowest BCUT2D eigenvalue weighted by Gasteiger charge is -2.07. The molecule has 0 heterocycles. The molecule has 11 nitrogen and oxygen atoms in total. The topological polar surface area (TPSA) is 218 Å². The maximum absolute atomic E-state index is 9.77. The van der Waals surface area contributed by atoms with Gasteiger partial charge >= 0.3 is 11.9 Å². The van der Waals surface area contributed by atoms with Crippen molar-refractivity contribution in [2.75, 3.05) is 0 Å². The number of aliphatic imine (C=N–C) groups is 2. The summed E-state index contributed by atoms with van der Waals surface area (Å²) in [4.78, 5) is 27.2. The monoisotopic (exact) mass is 375 g/mol. The van der Waals surface area contributed by atoms with Crippen LogP contribution in [0, 0.1) is 6.92 Å². The van der Waals surface area contributed by atoms with Gasteiger partial charge < -0.3 is 37.6 Å². The van der Waals surface area contributed by atoms with Gasteiger partial charge in [0.15, 0.2) is 18.2 Å². The fourth-order valence-electron chi connectivity index (χ4n) is 1.25. The normalized spacial score (nSPS) is 13.0. The molecule has 138 valence electrons. The lowest BCUT2D eigenvalue weighted by atomic mass is 10.2. The molecule has 2 unspecified atom stereocenters. The van der Waals surface area contributed by atoms with Crippen LogP contribution in [-0.2, 0) is 9.59 Å². The Bertz CT molecular complexity index is 671. The van der Waals surface area contributed by atoms with Crippen molar-refractivity contribution in [1.29, 1.82) is 0 Å². The summed E-state index contributed by atoms with van der Waals surface area (Å²) < 4.78 is 0. The molecule has 0 fully saturated rings. The Balaban J connectivity index is 0.000000504. The second-order valence-electron chi connectivity index (χ2n) is 4.50. The zero-order valence-corrected chi connectivity index (χ0v) is 13.8.